The summed E-state index contributed by atoms with van der Waals surface area (Å²) in [5.41, 5.74) is 1.03. The molecule has 0 saturated heterocycles. The van der Waals surface area contributed by atoms with Gasteiger partial charge in [-0.3, -0.25) is 14.5 Å². The van der Waals surface area contributed by atoms with Gasteiger partial charge in [-0.05, 0) is 39.7 Å². The van der Waals surface area contributed by atoms with E-state index in [0.29, 0.717) is 44.6 Å². The minimum absolute atomic E-state index is 0.130. The zero-order chi connectivity index (χ0) is 24.8. The van der Waals surface area contributed by atoms with Crippen LogP contribution in [-0.4, -0.2) is 81.1 Å². The summed E-state index contributed by atoms with van der Waals surface area (Å²) in [4.78, 5) is 41.9. The Labute approximate surface area is 190 Å². The molecule has 33 heavy (non-hydrogen) atoms. The number of hydrogen-bond acceptors (Lipinski definition) is 5. The molecule has 186 valence electrons. The van der Waals surface area contributed by atoms with E-state index < -0.39 is 12.1 Å². The molecule has 2 heterocycles. The number of aliphatic carboxylic acids is 1. The fraction of sp³-hybridized carbons (Fsp3) is 0.714. The molecule has 0 spiro atoms. The number of carboxylic acids is 1. The first kappa shape index (κ1) is 26.6. The first-order valence-corrected chi connectivity index (χ1v) is 11.0. The number of halogens is 3. The highest BCUT2D eigenvalue weighted by molar-refractivity contribution is 5.78. The van der Waals surface area contributed by atoms with Crippen LogP contribution in [-0.2, 0) is 33.9 Å². The predicted molar refractivity (Wildman–Crippen MR) is 113 cm³/mol. The monoisotopic (exact) mass is 475 g/mol. The lowest BCUT2D eigenvalue weighted by Gasteiger charge is -2.26. The van der Waals surface area contributed by atoms with Crippen LogP contribution in [0, 0.1) is 5.92 Å². The van der Waals surface area contributed by atoms with Crippen LogP contribution in [0.4, 0.5) is 13.2 Å². The van der Waals surface area contributed by atoms with Gasteiger partial charge in [-0.1, -0.05) is 0 Å². The van der Waals surface area contributed by atoms with Crippen LogP contribution < -0.4 is 5.32 Å². The van der Waals surface area contributed by atoms with Gasteiger partial charge in [-0.15, -0.1) is 0 Å². The van der Waals surface area contributed by atoms with Crippen molar-refractivity contribution in [3.05, 3.63) is 17.7 Å². The van der Waals surface area contributed by atoms with Crippen LogP contribution >= 0.6 is 0 Å². The van der Waals surface area contributed by atoms with Gasteiger partial charge >= 0.3 is 12.1 Å². The van der Waals surface area contributed by atoms with Crippen molar-refractivity contribution in [1.29, 1.82) is 0 Å². The quantitative estimate of drug-likeness (QED) is 0.621. The van der Waals surface area contributed by atoms with Crippen molar-refractivity contribution in [2.24, 2.45) is 5.92 Å². The molecule has 0 radical (unpaired) electrons. The summed E-state index contributed by atoms with van der Waals surface area (Å²) in [6.45, 7) is 7.28. The highest BCUT2D eigenvalue weighted by Gasteiger charge is 2.38. The second-order valence-corrected chi connectivity index (χ2v) is 8.68. The molecule has 1 aromatic rings. The number of aromatic nitrogens is 2. The SMILES string of the molecule is CC(C)N(C)CC(=O)N1CCc2ncc(CNC(=O)CC3CC3)n2CC1.O=C(O)C(F)(F)F. The number of amides is 2. The summed E-state index contributed by atoms with van der Waals surface area (Å²) in [6, 6.07) is 0.354. The summed E-state index contributed by atoms with van der Waals surface area (Å²) >= 11 is 0. The molecule has 2 amide bonds. The Morgan fingerprint density at radius 1 is 1.24 bits per heavy atom. The lowest BCUT2D eigenvalue weighted by Crippen LogP contribution is -2.42. The van der Waals surface area contributed by atoms with Gasteiger partial charge in [0.1, 0.15) is 5.82 Å². The first-order valence-electron chi connectivity index (χ1n) is 11.0. The molecule has 1 saturated carbocycles. The molecule has 0 bridgehead atoms. The normalized spacial score (nSPS) is 16.1. The van der Waals surface area contributed by atoms with E-state index in [2.05, 4.69) is 33.6 Å². The highest BCUT2D eigenvalue weighted by Crippen LogP contribution is 2.32. The number of rotatable bonds is 7. The smallest absolute Gasteiger partial charge is 0.475 e. The van der Waals surface area contributed by atoms with Crippen LogP contribution in [0.15, 0.2) is 6.20 Å². The van der Waals surface area contributed by atoms with Gasteiger partial charge in [0.25, 0.3) is 0 Å². The number of likely N-dealkylation sites (N-methyl/N-ethyl adjacent to an activating group) is 1. The summed E-state index contributed by atoms with van der Waals surface area (Å²) in [5, 5.41) is 10.1. The molecule has 0 atom stereocenters. The largest absolute Gasteiger partial charge is 0.490 e. The lowest BCUT2D eigenvalue weighted by atomic mass is 10.3. The fourth-order valence-electron chi connectivity index (χ4n) is 3.23. The number of imidazole rings is 1. The van der Waals surface area contributed by atoms with E-state index in [4.69, 9.17) is 9.90 Å². The van der Waals surface area contributed by atoms with Crippen LogP contribution in [0.3, 0.4) is 0 Å². The zero-order valence-electron chi connectivity index (χ0n) is 19.2. The standard InChI is InChI=1S/C19H31N5O2.C2HF3O2/c1-14(2)22(3)13-19(26)23-7-6-17-20-11-16(24(17)9-8-23)12-21-18(25)10-15-4-5-15;3-2(4,5)1(6)7/h11,14-15H,4-10,12-13H2,1-3H3,(H,21,25);(H,6,7). The number of carbonyl (C=O) groups excluding carboxylic acids is 2. The molecule has 2 N–H and O–H groups in total. The lowest BCUT2D eigenvalue weighted by molar-refractivity contribution is -0.192. The Hall–Kier alpha value is -2.63. The van der Waals surface area contributed by atoms with Gasteiger partial charge in [-0.25, -0.2) is 9.78 Å². The van der Waals surface area contributed by atoms with Crippen molar-refractivity contribution in [3.63, 3.8) is 0 Å². The number of hydrogen-bond donors (Lipinski definition) is 2. The third-order valence-electron chi connectivity index (χ3n) is 5.72. The number of carbonyl (C=O) groups is 3. The van der Waals surface area contributed by atoms with E-state index in [1.54, 1.807) is 0 Å². The molecular formula is C21H32F3N5O4. The molecule has 1 fully saturated rings. The Bertz CT molecular complexity index is 836. The van der Waals surface area contributed by atoms with E-state index in [0.717, 1.165) is 24.5 Å². The van der Waals surface area contributed by atoms with E-state index in [1.807, 2.05) is 18.1 Å². The zero-order valence-corrected chi connectivity index (χ0v) is 19.2. The second kappa shape index (κ2) is 11.5. The van der Waals surface area contributed by atoms with E-state index in [1.165, 1.54) is 12.8 Å². The number of nitrogens with one attached hydrogen (secondary N) is 1. The molecular weight excluding hydrogens is 443 g/mol. The molecule has 12 heteroatoms. The van der Waals surface area contributed by atoms with E-state index in [-0.39, 0.29) is 11.8 Å². The van der Waals surface area contributed by atoms with Crippen molar-refractivity contribution in [2.75, 3.05) is 26.7 Å². The van der Waals surface area contributed by atoms with Crippen LogP contribution in [0.1, 0.15) is 44.6 Å². The van der Waals surface area contributed by atoms with Crippen molar-refractivity contribution >= 4 is 17.8 Å². The molecule has 1 aliphatic carbocycles. The topological polar surface area (TPSA) is 108 Å². The van der Waals surface area contributed by atoms with Crippen LogP contribution in [0.5, 0.6) is 0 Å². The number of fused-ring (bicyclic) bond motifs is 1. The molecule has 1 aliphatic heterocycles. The van der Waals surface area contributed by atoms with E-state index in [9.17, 15) is 22.8 Å². The van der Waals surface area contributed by atoms with Gasteiger partial charge in [0.2, 0.25) is 11.8 Å². The van der Waals surface area contributed by atoms with Crippen molar-refractivity contribution in [3.8, 4) is 0 Å². The molecule has 9 nitrogen and oxygen atoms in total. The van der Waals surface area contributed by atoms with E-state index >= 15 is 0 Å². The van der Waals surface area contributed by atoms with Gasteiger partial charge in [0.05, 0.1) is 25.0 Å². The maximum atomic E-state index is 12.5. The average Bonchev–Trinajstić information content (AvgIpc) is 3.49. The molecule has 2 aliphatic rings. The van der Waals surface area contributed by atoms with Gasteiger partial charge in [0.15, 0.2) is 0 Å². The molecule has 0 unspecified atom stereocenters. The highest BCUT2D eigenvalue weighted by atomic mass is 19.4. The molecule has 3 rings (SSSR count). The fourth-order valence-corrected chi connectivity index (χ4v) is 3.23. The van der Waals surface area contributed by atoms with Crippen molar-refractivity contribution < 1.29 is 32.7 Å². The minimum Gasteiger partial charge on any atom is -0.475 e. The molecule has 0 aromatic carbocycles. The van der Waals surface area contributed by atoms with Gasteiger partial charge in [0, 0.05) is 38.5 Å². The van der Waals surface area contributed by atoms with Crippen molar-refractivity contribution in [1.82, 2.24) is 24.7 Å². The number of carboxylic acid groups (broad SMARTS) is 1. The summed E-state index contributed by atoms with van der Waals surface area (Å²) < 4.78 is 33.9. The maximum Gasteiger partial charge on any atom is 0.490 e. The van der Waals surface area contributed by atoms with Crippen LogP contribution in [0.25, 0.3) is 0 Å². The summed E-state index contributed by atoms with van der Waals surface area (Å²) in [7, 11) is 1.98. The second-order valence-electron chi connectivity index (χ2n) is 8.68. The van der Waals surface area contributed by atoms with Gasteiger partial charge < -0.3 is 19.9 Å². The Morgan fingerprint density at radius 2 is 1.88 bits per heavy atom. The minimum atomic E-state index is -5.08. The Kier molecular flexibility index (Phi) is 9.26. The Morgan fingerprint density at radius 3 is 2.42 bits per heavy atom. The number of alkyl halides is 3. The predicted octanol–water partition coefficient (Wildman–Crippen LogP) is 1.66. The molecule has 1 aromatic heterocycles. The summed E-state index contributed by atoms with van der Waals surface area (Å²) in [6.07, 6.45) is 0.549. The number of nitrogens with zero attached hydrogens (tertiary/aromatic N) is 4. The van der Waals surface area contributed by atoms with Crippen molar-refractivity contribution in [2.45, 2.75) is 64.8 Å². The third kappa shape index (κ3) is 8.67. The first-order chi connectivity index (χ1) is 15.4. The average molecular weight is 476 g/mol. The maximum absolute atomic E-state index is 12.5. The third-order valence-corrected chi connectivity index (χ3v) is 5.72. The Balaban J connectivity index is 0.000000479. The summed E-state index contributed by atoms with van der Waals surface area (Å²) in [5.74, 6) is -0.853. The van der Waals surface area contributed by atoms with Gasteiger partial charge in [-0.2, -0.15) is 13.2 Å². The van der Waals surface area contributed by atoms with Crippen LogP contribution in [0.2, 0.25) is 0 Å².